The van der Waals surface area contributed by atoms with E-state index in [4.69, 9.17) is 9.47 Å². The molecule has 0 aromatic rings. The molecule has 1 aliphatic rings. The number of carbonyl (C=O) groups is 3. The molecule has 0 radical (unpaired) electrons. The van der Waals surface area contributed by atoms with Gasteiger partial charge in [-0.3, -0.25) is 14.4 Å². The van der Waals surface area contributed by atoms with Crippen molar-refractivity contribution in [2.24, 2.45) is 0 Å². The lowest BCUT2D eigenvalue weighted by Gasteiger charge is -2.26. The minimum absolute atomic E-state index is 0.0207. The number of nitrogens with zero attached hydrogens (tertiary/aromatic N) is 1. The monoisotopic (exact) mass is 255 g/mol. The molecule has 1 aliphatic heterocycles. The second kappa shape index (κ2) is 6.18. The number of likely N-dealkylation sites (tertiary alicyclic amines) is 1. The molecule has 6 heteroatoms. The van der Waals surface area contributed by atoms with Crippen molar-refractivity contribution in [3.05, 3.63) is 12.7 Å². The van der Waals surface area contributed by atoms with Crippen molar-refractivity contribution in [2.75, 3.05) is 13.2 Å². The molecule has 0 aliphatic carbocycles. The zero-order valence-electron chi connectivity index (χ0n) is 10.5. The highest BCUT2D eigenvalue weighted by Gasteiger charge is 2.38. The summed E-state index contributed by atoms with van der Waals surface area (Å²) in [4.78, 5) is 34.9. The number of carbonyl (C=O) groups excluding carboxylic acids is 3. The van der Waals surface area contributed by atoms with Gasteiger partial charge in [-0.15, -0.1) is 0 Å². The van der Waals surface area contributed by atoms with E-state index >= 15 is 0 Å². The summed E-state index contributed by atoms with van der Waals surface area (Å²) in [5, 5.41) is 0. The molecule has 0 N–H and O–H groups in total. The van der Waals surface area contributed by atoms with E-state index in [-0.39, 0.29) is 12.5 Å². The first-order chi connectivity index (χ1) is 8.45. The number of hydrogen-bond donors (Lipinski definition) is 0. The van der Waals surface area contributed by atoms with Crippen LogP contribution in [0, 0.1) is 0 Å². The van der Waals surface area contributed by atoms with Crippen molar-refractivity contribution in [2.45, 2.75) is 32.4 Å². The molecule has 1 amide bonds. The molecule has 2 atom stereocenters. The highest BCUT2D eigenvalue weighted by Crippen LogP contribution is 2.22. The summed E-state index contributed by atoms with van der Waals surface area (Å²) in [7, 11) is 0. The van der Waals surface area contributed by atoms with Crippen molar-refractivity contribution < 1.29 is 23.9 Å². The van der Waals surface area contributed by atoms with E-state index in [0.717, 1.165) is 0 Å². The van der Waals surface area contributed by atoms with Crippen LogP contribution in [0.4, 0.5) is 0 Å². The fraction of sp³-hybridized carbons (Fsp3) is 0.583. The molecule has 0 aromatic heterocycles. The average molecular weight is 255 g/mol. The number of hydrogen-bond acceptors (Lipinski definition) is 5. The Bertz CT molecular complexity index is 365. The van der Waals surface area contributed by atoms with Gasteiger partial charge in [-0.1, -0.05) is 6.58 Å². The van der Waals surface area contributed by atoms with E-state index in [9.17, 15) is 14.4 Å². The first kappa shape index (κ1) is 14.2. The Hall–Kier alpha value is -1.85. The Balaban J connectivity index is 2.74. The van der Waals surface area contributed by atoms with Gasteiger partial charge in [0.05, 0.1) is 0 Å². The van der Waals surface area contributed by atoms with Crippen LogP contribution >= 0.6 is 0 Å². The molecule has 0 unspecified atom stereocenters. The summed E-state index contributed by atoms with van der Waals surface area (Å²) in [6.07, 6.45) is 1.29. The predicted molar refractivity (Wildman–Crippen MR) is 62.5 cm³/mol. The Morgan fingerprint density at radius 3 is 2.50 bits per heavy atom. The Labute approximate surface area is 106 Å². The fourth-order valence-corrected chi connectivity index (χ4v) is 1.97. The normalized spacial score (nSPS) is 22.4. The van der Waals surface area contributed by atoms with Gasteiger partial charge in [-0.2, -0.15) is 0 Å². The number of ether oxygens (including phenoxy) is 2. The molecule has 6 nitrogen and oxygen atoms in total. The SMILES string of the molecule is C=CC(=O)N1CC[C@H](OC(C)=O)[C@H]1COC(C)=O. The third kappa shape index (κ3) is 3.58. The highest BCUT2D eigenvalue weighted by molar-refractivity contribution is 5.87. The van der Waals surface area contributed by atoms with Gasteiger partial charge in [0, 0.05) is 26.8 Å². The average Bonchev–Trinajstić information content (AvgIpc) is 2.67. The van der Waals surface area contributed by atoms with Gasteiger partial charge >= 0.3 is 11.9 Å². The van der Waals surface area contributed by atoms with Crippen LogP contribution in [0.2, 0.25) is 0 Å². The predicted octanol–water partition coefficient (Wildman–Crippen LogP) is 0.268. The Kier molecular flexibility index (Phi) is 4.88. The van der Waals surface area contributed by atoms with Crippen LogP contribution in [-0.2, 0) is 23.9 Å². The molecule has 0 saturated carbocycles. The molecule has 1 heterocycles. The second-order valence-electron chi connectivity index (χ2n) is 4.04. The summed E-state index contributed by atoms with van der Waals surface area (Å²) in [5.41, 5.74) is 0. The lowest BCUT2D eigenvalue weighted by Crippen LogP contribution is -2.43. The third-order valence-electron chi connectivity index (χ3n) is 2.72. The van der Waals surface area contributed by atoms with Gasteiger partial charge in [0.2, 0.25) is 5.91 Å². The Morgan fingerprint density at radius 1 is 1.33 bits per heavy atom. The van der Waals surface area contributed by atoms with Gasteiger partial charge in [-0.05, 0) is 6.08 Å². The minimum Gasteiger partial charge on any atom is -0.464 e. The maximum atomic E-state index is 11.6. The van der Waals surface area contributed by atoms with Crippen molar-refractivity contribution in [3.8, 4) is 0 Å². The summed E-state index contributed by atoms with van der Waals surface area (Å²) in [6, 6.07) is -0.441. The van der Waals surface area contributed by atoms with E-state index in [1.54, 1.807) is 0 Å². The van der Waals surface area contributed by atoms with Crippen LogP contribution in [0.1, 0.15) is 20.3 Å². The van der Waals surface area contributed by atoms with Gasteiger partial charge in [0.1, 0.15) is 18.8 Å². The standard InChI is InChI=1S/C12H17NO5/c1-4-12(16)13-6-5-11(18-9(3)15)10(13)7-17-8(2)14/h4,10-11H,1,5-7H2,2-3H3/t10-,11+/m1/s1. The van der Waals surface area contributed by atoms with Crippen LogP contribution in [0.5, 0.6) is 0 Å². The van der Waals surface area contributed by atoms with Crippen LogP contribution in [0.15, 0.2) is 12.7 Å². The zero-order chi connectivity index (χ0) is 13.7. The highest BCUT2D eigenvalue weighted by atomic mass is 16.6. The maximum absolute atomic E-state index is 11.6. The summed E-state index contributed by atoms with van der Waals surface area (Å²) >= 11 is 0. The number of amides is 1. The summed E-state index contributed by atoms with van der Waals surface area (Å²) < 4.78 is 10.0. The van der Waals surface area contributed by atoms with Crippen molar-refractivity contribution in [3.63, 3.8) is 0 Å². The fourth-order valence-electron chi connectivity index (χ4n) is 1.97. The molecule has 1 saturated heterocycles. The number of esters is 2. The lowest BCUT2D eigenvalue weighted by molar-refractivity contribution is -0.152. The molecular weight excluding hydrogens is 238 g/mol. The van der Waals surface area contributed by atoms with E-state index < -0.39 is 24.1 Å². The van der Waals surface area contributed by atoms with Crippen LogP contribution in [0.3, 0.4) is 0 Å². The van der Waals surface area contributed by atoms with E-state index in [2.05, 4.69) is 6.58 Å². The van der Waals surface area contributed by atoms with Gasteiger partial charge in [0.25, 0.3) is 0 Å². The van der Waals surface area contributed by atoms with Gasteiger partial charge in [0.15, 0.2) is 0 Å². The summed E-state index contributed by atoms with van der Waals surface area (Å²) in [5.74, 6) is -1.11. The lowest BCUT2D eigenvalue weighted by atomic mass is 10.2. The molecule has 0 spiro atoms. The second-order valence-corrected chi connectivity index (χ2v) is 4.04. The molecule has 100 valence electrons. The molecular formula is C12H17NO5. The van der Waals surface area contributed by atoms with Crippen molar-refractivity contribution in [1.29, 1.82) is 0 Å². The molecule has 1 fully saturated rings. The molecule has 1 rings (SSSR count). The topological polar surface area (TPSA) is 72.9 Å². The van der Waals surface area contributed by atoms with E-state index in [1.165, 1.54) is 24.8 Å². The Morgan fingerprint density at radius 2 is 2.00 bits per heavy atom. The largest absolute Gasteiger partial charge is 0.464 e. The first-order valence-corrected chi connectivity index (χ1v) is 5.69. The maximum Gasteiger partial charge on any atom is 0.302 e. The van der Waals surface area contributed by atoms with E-state index in [1.807, 2.05) is 0 Å². The van der Waals surface area contributed by atoms with Crippen LogP contribution in [-0.4, -0.2) is 48.0 Å². The molecule has 18 heavy (non-hydrogen) atoms. The van der Waals surface area contributed by atoms with Crippen molar-refractivity contribution >= 4 is 17.8 Å². The number of rotatable bonds is 4. The van der Waals surface area contributed by atoms with Crippen LogP contribution < -0.4 is 0 Å². The smallest absolute Gasteiger partial charge is 0.302 e. The molecule has 0 bridgehead atoms. The molecule has 0 aromatic carbocycles. The van der Waals surface area contributed by atoms with Gasteiger partial charge in [-0.25, -0.2) is 0 Å². The van der Waals surface area contributed by atoms with Crippen molar-refractivity contribution in [1.82, 2.24) is 4.90 Å². The van der Waals surface area contributed by atoms with Crippen LogP contribution in [0.25, 0.3) is 0 Å². The summed E-state index contributed by atoms with van der Waals surface area (Å²) in [6.45, 7) is 6.48. The van der Waals surface area contributed by atoms with Gasteiger partial charge < -0.3 is 14.4 Å². The third-order valence-corrected chi connectivity index (χ3v) is 2.72. The first-order valence-electron chi connectivity index (χ1n) is 5.69. The van der Waals surface area contributed by atoms with E-state index in [0.29, 0.717) is 13.0 Å². The zero-order valence-corrected chi connectivity index (χ0v) is 10.5. The quantitative estimate of drug-likeness (QED) is 0.532. The minimum atomic E-state index is -0.441.